The Bertz CT molecular complexity index is 436. The van der Waals surface area contributed by atoms with E-state index in [1.807, 2.05) is 0 Å². The Morgan fingerprint density at radius 1 is 1.15 bits per heavy atom. The van der Waals surface area contributed by atoms with Crippen LogP contribution >= 0.6 is 0 Å². The number of likely N-dealkylation sites (tertiary alicyclic amines) is 1. The van der Waals surface area contributed by atoms with Crippen molar-refractivity contribution in [3.05, 3.63) is 0 Å². The second-order valence-electron chi connectivity index (χ2n) is 8.27. The van der Waals surface area contributed by atoms with Gasteiger partial charge in [0.05, 0.1) is 19.3 Å². The number of nitrogens with one attached hydrogen (secondary N) is 2. The molecule has 26 heavy (non-hydrogen) atoms. The fourth-order valence-corrected chi connectivity index (χ4v) is 4.33. The molecule has 0 radical (unpaired) electrons. The van der Waals surface area contributed by atoms with Crippen LogP contribution in [0.4, 0.5) is 0 Å². The summed E-state index contributed by atoms with van der Waals surface area (Å²) in [6, 6.07) is 0.666. The van der Waals surface area contributed by atoms with Crippen LogP contribution in [0.5, 0.6) is 0 Å². The van der Waals surface area contributed by atoms with E-state index in [-0.39, 0.29) is 6.10 Å². The number of fused-ring (bicyclic) bond motifs is 1. The molecule has 2 N–H and O–H groups in total. The van der Waals surface area contributed by atoms with Gasteiger partial charge in [-0.1, -0.05) is 6.92 Å². The van der Waals surface area contributed by atoms with Crippen molar-refractivity contribution >= 4 is 5.96 Å². The Labute approximate surface area is 159 Å². The largest absolute Gasteiger partial charge is 0.373 e. The highest BCUT2D eigenvalue weighted by Crippen LogP contribution is 2.22. The maximum Gasteiger partial charge on any atom is 0.191 e. The molecular formula is C20H39N5O. The fourth-order valence-electron chi connectivity index (χ4n) is 4.33. The van der Waals surface area contributed by atoms with Crippen LogP contribution < -0.4 is 10.6 Å². The summed E-state index contributed by atoms with van der Waals surface area (Å²) in [4.78, 5) is 9.97. The third kappa shape index (κ3) is 6.10. The first-order chi connectivity index (χ1) is 12.7. The van der Waals surface area contributed by atoms with Crippen LogP contribution in [0, 0.1) is 5.92 Å². The van der Waals surface area contributed by atoms with Gasteiger partial charge >= 0.3 is 0 Å². The number of guanidine groups is 1. The van der Waals surface area contributed by atoms with E-state index >= 15 is 0 Å². The molecule has 0 bridgehead atoms. The Balaban J connectivity index is 1.34. The molecule has 3 fully saturated rings. The number of nitrogens with zero attached hydrogens (tertiary/aromatic N) is 3. The molecule has 0 aromatic carbocycles. The van der Waals surface area contributed by atoms with Crippen LogP contribution in [0.15, 0.2) is 4.99 Å². The molecule has 3 rings (SSSR count). The van der Waals surface area contributed by atoms with Crippen LogP contribution in [0.25, 0.3) is 0 Å². The average Bonchev–Trinajstić information content (AvgIpc) is 3.12. The molecule has 0 amide bonds. The van der Waals surface area contributed by atoms with Gasteiger partial charge in [0, 0.05) is 25.7 Å². The van der Waals surface area contributed by atoms with Crippen LogP contribution in [0.3, 0.4) is 0 Å². The minimum Gasteiger partial charge on any atom is -0.373 e. The molecule has 3 aliphatic rings. The summed E-state index contributed by atoms with van der Waals surface area (Å²) in [5, 5.41) is 6.87. The Morgan fingerprint density at radius 3 is 2.81 bits per heavy atom. The second kappa shape index (κ2) is 10.5. The van der Waals surface area contributed by atoms with Gasteiger partial charge in [-0.3, -0.25) is 9.89 Å². The molecule has 2 atom stereocenters. The molecule has 0 aromatic rings. The number of hydrogen-bond acceptors (Lipinski definition) is 4. The lowest BCUT2D eigenvalue weighted by atomic mass is 9.99. The molecule has 0 spiro atoms. The molecule has 2 unspecified atom stereocenters. The van der Waals surface area contributed by atoms with E-state index in [0.717, 1.165) is 44.7 Å². The van der Waals surface area contributed by atoms with Gasteiger partial charge in [-0.2, -0.15) is 0 Å². The molecule has 3 heterocycles. The SMILES string of the molecule is CCNC(=NCC1CN2CCCC2CO1)NCCCN1CCC(C)CC1. The Morgan fingerprint density at radius 2 is 2.00 bits per heavy atom. The van der Waals surface area contributed by atoms with Crippen LogP contribution in [0.1, 0.15) is 46.0 Å². The summed E-state index contributed by atoms with van der Waals surface area (Å²) < 4.78 is 6.02. The van der Waals surface area contributed by atoms with Crippen LogP contribution in [0.2, 0.25) is 0 Å². The van der Waals surface area contributed by atoms with E-state index in [1.54, 1.807) is 0 Å². The van der Waals surface area contributed by atoms with Gasteiger partial charge in [0.2, 0.25) is 0 Å². The van der Waals surface area contributed by atoms with E-state index in [4.69, 9.17) is 9.73 Å². The predicted octanol–water partition coefficient (Wildman–Crippen LogP) is 1.53. The standard InChI is InChI=1S/C20H39N5O/c1-3-21-20(22-9-5-10-24-12-7-17(2)8-13-24)23-14-19-15-25-11-4-6-18(25)16-26-19/h17-19H,3-16H2,1-2H3,(H2,21,22,23). The summed E-state index contributed by atoms with van der Waals surface area (Å²) in [5.74, 6) is 1.85. The molecule has 3 aliphatic heterocycles. The van der Waals surface area contributed by atoms with Crippen molar-refractivity contribution in [3.63, 3.8) is 0 Å². The van der Waals surface area contributed by atoms with Crippen molar-refractivity contribution in [3.8, 4) is 0 Å². The van der Waals surface area contributed by atoms with Crippen molar-refractivity contribution in [2.75, 3.05) is 59.0 Å². The highest BCUT2D eigenvalue weighted by molar-refractivity contribution is 5.79. The summed E-state index contributed by atoms with van der Waals surface area (Å²) in [5.41, 5.74) is 0. The summed E-state index contributed by atoms with van der Waals surface area (Å²) in [6.45, 7) is 14.0. The normalized spacial score (nSPS) is 28.9. The average molecular weight is 366 g/mol. The van der Waals surface area contributed by atoms with E-state index in [2.05, 4.69) is 34.3 Å². The maximum atomic E-state index is 6.02. The smallest absolute Gasteiger partial charge is 0.191 e. The van der Waals surface area contributed by atoms with Crippen molar-refractivity contribution < 1.29 is 4.74 Å². The fraction of sp³-hybridized carbons (Fsp3) is 0.950. The van der Waals surface area contributed by atoms with Gasteiger partial charge in [-0.25, -0.2) is 0 Å². The maximum absolute atomic E-state index is 6.02. The minimum absolute atomic E-state index is 0.246. The monoisotopic (exact) mass is 365 g/mol. The number of hydrogen-bond donors (Lipinski definition) is 2. The number of rotatable bonds is 7. The van der Waals surface area contributed by atoms with E-state index in [1.165, 1.54) is 58.3 Å². The number of ether oxygens (including phenoxy) is 1. The summed E-state index contributed by atoms with van der Waals surface area (Å²) in [7, 11) is 0. The quantitative estimate of drug-likeness (QED) is 0.407. The molecule has 3 saturated heterocycles. The zero-order chi connectivity index (χ0) is 18.2. The van der Waals surface area contributed by atoms with Crippen molar-refractivity contribution in [1.29, 1.82) is 0 Å². The Kier molecular flexibility index (Phi) is 8.02. The zero-order valence-corrected chi connectivity index (χ0v) is 16.9. The first kappa shape index (κ1) is 19.9. The van der Waals surface area contributed by atoms with Gasteiger partial charge in [0.15, 0.2) is 5.96 Å². The van der Waals surface area contributed by atoms with E-state index < -0.39 is 0 Å². The number of aliphatic imine (C=N–C) groups is 1. The molecule has 150 valence electrons. The minimum atomic E-state index is 0.246. The zero-order valence-electron chi connectivity index (χ0n) is 16.9. The third-order valence-electron chi connectivity index (χ3n) is 6.08. The molecule has 6 nitrogen and oxygen atoms in total. The lowest BCUT2D eigenvalue weighted by Crippen LogP contribution is -2.47. The second-order valence-corrected chi connectivity index (χ2v) is 8.27. The molecular weight excluding hydrogens is 326 g/mol. The van der Waals surface area contributed by atoms with Gasteiger partial charge in [-0.15, -0.1) is 0 Å². The van der Waals surface area contributed by atoms with Gasteiger partial charge in [0.1, 0.15) is 0 Å². The lowest BCUT2D eigenvalue weighted by Gasteiger charge is -2.34. The van der Waals surface area contributed by atoms with Crippen molar-refractivity contribution in [2.45, 2.75) is 58.1 Å². The molecule has 6 heteroatoms. The van der Waals surface area contributed by atoms with E-state index in [0.29, 0.717) is 6.04 Å². The molecule has 0 saturated carbocycles. The first-order valence-corrected chi connectivity index (χ1v) is 10.8. The first-order valence-electron chi connectivity index (χ1n) is 10.8. The molecule has 0 aromatic heterocycles. The number of piperidine rings is 1. The lowest BCUT2D eigenvalue weighted by molar-refractivity contribution is -0.0432. The third-order valence-corrected chi connectivity index (χ3v) is 6.08. The number of morpholine rings is 1. The van der Waals surface area contributed by atoms with Gasteiger partial charge in [0.25, 0.3) is 0 Å². The highest BCUT2D eigenvalue weighted by Gasteiger charge is 2.31. The highest BCUT2D eigenvalue weighted by atomic mass is 16.5. The van der Waals surface area contributed by atoms with Gasteiger partial charge < -0.3 is 20.3 Å². The summed E-state index contributed by atoms with van der Waals surface area (Å²) >= 11 is 0. The van der Waals surface area contributed by atoms with Gasteiger partial charge in [-0.05, 0) is 71.1 Å². The molecule has 0 aliphatic carbocycles. The topological polar surface area (TPSA) is 52.1 Å². The summed E-state index contributed by atoms with van der Waals surface area (Å²) in [6.07, 6.45) is 6.76. The predicted molar refractivity (Wildman–Crippen MR) is 108 cm³/mol. The Hall–Kier alpha value is -0.850. The van der Waals surface area contributed by atoms with Crippen molar-refractivity contribution in [2.24, 2.45) is 10.9 Å². The van der Waals surface area contributed by atoms with Crippen LogP contribution in [-0.4, -0.2) is 86.9 Å². The van der Waals surface area contributed by atoms with E-state index in [9.17, 15) is 0 Å². The van der Waals surface area contributed by atoms with Crippen LogP contribution in [-0.2, 0) is 4.74 Å². The van der Waals surface area contributed by atoms with Crippen molar-refractivity contribution in [1.82, 2.24) is 20.4 Å².